The van der Waals surface area contributed by atoms with Crippen LogP contribution in [-0.4, -0.2) is 86.5 Å². The number of amides is 1. The van der Waals surface area contributed by atoms with Gasteiger partial charge in [0.2, 0.25) is 0 Å². The van der Waals surface area contributed by atoms with E-state index in [9.17, 15) is 27.8 Å². The Morgan fingerprint density at radius 3 is 2.77 bits per heavy atom. The lowest BCUT2D eigenvalue weighted by Crippen LogP contribution is -2.47. The van der Waals surface area contributed by atoms with Gasteiger partial charge in [-0.1, -0.05) is 6.07 Å². The number of halogens is 1. The van der Waals surface area contributed by atoms with E-state index in [-0.39, 0.29) is 30.5 Å². The van der Waals surface area contributed by atoms with Gasteiger partial charge in [-0.3, -0.25) is 0 Å². The maximum Gasteiger partial charge on any atom is 0.407 e. The molecule has 0 aromatic heterocycles. The molecule has 1 aromatic rings. The van der Waals surface area contributed by atoms with E-state index < -0.39 is 39.4 Å². The van der Waals surface area contributed by atoms with Crippen molar-refractivity contribution in [3.05, 3.63) is 24.0 Å². The number of piperidine rings is 1. The monoisotopic (exact) mass is 446 g/mol. The van der Waals surface area contributed by atoms with Crippen LogP contribution in [0.2, 0.25) is 0 Å². The minimum atomic E-state index is -3.77. The summed E-state index contributed by atoms with van der Waals surface area (Å²) in [4.78, 5) is 12.4. The number of benzene rings is 1. The fourth-order valence-corrected chi connectivity index (χ4v) is 4.74. The standard InChI is InChI=1S/C19H27FN2O7S/c1-30(26,27)16-4-2-3-15(17(16)20)28-12-14(23)10-22(18(24)25)13-9-19(29-11-13)5-7-21-8-6-19/h2-4,13-14,21,23H,5-12H2,1H3,(H,24,25). The van der Waals surface area contributed by atoms with E-state index in [1.807, 2.05) is 0 Å². The molecule has 1 amide bonds. The first-order valence-corrected chi connectivity index (χ1v) is 11.6. The Kier molecular flexibility index (Phi) is 6.85. The maximum absolute atomic E-state index is 14.3. The molecule has 2 aliphatic heterocycles. The van der Waals surface area contributed by atoms with Crippen molar-refractivity contribution < 1.29 is 37.3 Å². The quantitative estimate of drug-likeness (QED) is 0.563. The van der Waals surface area contributed by atoms with E-state index >= 15 is 0 Å². The smallest absolute Gasteiger partial charge is 0.407 e. The highest BCUT2D eigenvalue weighted by Crippen LogP contribution is 2.36. The number of carbonyl (C=O) groups is 1. The SMILES string of the molecule is CS(=O)(=O)c1cccc(OCC(O)CN(C(=O)O)C2COC3(CCNCC3)C2)c1F. The second-order valence-corrected chi connectivity index (χ2v) is 9.83. The molecular formula is C19H27FN2O7S. The number of aliphatic hydroxyl groups excluding tert-OH is 1. The molecule has 1 spiro atoms. The zero-order valence-corrected chi connectivity index (χ0v) is 17.5. The number of sulfone groups is 1. The van der Waals surface area contributed by atoms with Gasteiger partial charge in [0, 0.05) is 6.26 Å². The molecule has 2 atom stereocenters. The predicted octanol–water partition coefficient (Wildman–Crippen LogP) is 0.860. The van der Waals surface area contributed by atoms with Crippen LogP contribution < -0.4 is 10.1 Å². The number of carboxylic acid groups (broad SMARTS) is 1. The van der Waals surface area contributed by atoms with Gasteiger partial charge in [-0.15, -0.1) is 0 Å². The minimum Gasteiger partial charge on any atom is -0.488 e. The molecule has 0 radical (unpaired) electrons. The third-order valence-electron chi connectivity index (χ3n) is 5.56. The summed E-state index contributed by atoms with van der Waals surface area (Å²) in [5.74, 6) is -1.36. The molecule has 2 heterocycles. The number of rotatable bonds is 7. The number of hydrogen-bond donors (Lipinski definition) is 3. The number of ether oxygens (including phenoxy) is 2. The molecule has 3 rings (SSSR count). The van der Waals surface area contributed by atoms with Crippen LogP contribution in [0.3, 0.4) is 0 Å². The second-order valence-electron chi connectivity index (χ2n) is 7.84. The van der Waals surface area contributed by atoms with E-state index in [0.717, 1.165) is 43.2 Å². The van der Waals surface area contributed by atoms with Gasteiger partial charge in [-0.2, -0.15) is 0 Å². The molecule has 3 N–H and O–H groups in total. The zero-order chi connectivity index (χ0) is 21.9. The molecule has 2 saturated heterocycles. The first-order valence-electron chi connectivity index (χ1n) is 9.75. The third kappa shape index (κ3) is 5.20. The summed E-state index contributed by atoms with van der Waals surface area (Å²) in [5, 5.41) is 23.1. The number of hydrogen-bond acceptors (Lipinski definition) is 7. The van der Waals surface area contributed by atoms with Crippen LogP contribution in [0.15, 0.2) is 23.1 Å². The Hall–Kier alpha value is -1.95. The number of nitrogens with zero attached hydrogens (tertiary/aromatic N) is 1. The Bertz CT molecular complexity index is 874. The largest absolute Gasteiger partial charge is 0.488 e. The van der Waals surface area contributed by atoms with Crippen molar-refractivity contribution in [1.82, 2.24) is 10.2 Å². The zero-order valence-electron chi connectivity index (χ0n) is 16.7. The Morgan fingerprint density at radius 2 is 2.13 bits per heavy atom. The second kappa shape index (κ2) is 9.04. The van der Waals surface area contributed by atoms with Gasteiger partial charge in [-0.05, 0) is 44.5 Å². The highest BCUT2D eigenvalue weighted by atomic mass is 32.2. The molecule has 2 aliphatic rings. The van der Waals surface area contributed by atoms with Crippen molar-refractivity contribution in [3.8, 4) is 5.75 Å². The first kappa shape index (κ1) is 22.7. The van der Waals surface area contributed by atoms with E-state index in [2.05, 4.69) is 5.32 Å². The van der Waals surface area contributed by atoms with Gasteiger partial charge in [0.05, 0.1) is 24.8 Å². The highest BCUT2D eigenvalue weighted by Gasteiger charge is 2.44. The van der Waals surface area contributed by atoms with Crippen LogP contribution in [0.4, 0.5) is 9.18 Å². The van der Waals surface area contributed by atoms with E-state index in [1.165, 1.54) is 12.1 Å². The molecule has 30 heavy (non-hydrogen) atoms. The topological polar surface area (TPSA) is 125 Å². The van der Waals surface area contributed by atoms with Gasteiger partial charge >= 0.3 is 6.09 Å². The van der Waals surface area contributed by atoms with Crippen LogP contribution in [0.1, 0.15) is 19.3 Å². The van der Waals surface area contributed by atoms with Crippen LogP contribution in [0.5, 0.6) is 5.75 Å². The van der Waals surface area contributed by atoms with Crippen LogP contribution in [0.25, 0.3) is 0 Å². The van der Waals surface area contributed by atoms with Gasteiger partial charge in [0.25, 0.3) is 0 Å². The maximum atomic E-state index is 14.3. The van der Waals surface area contributed by atoms with Gasteiger partial charge in [0.1, 0.15) is 17.6 Å². The van der Waals surface area contributed by atoms with Crippen molar-refractivity contribution in [3.63, 3.8) is 0 Å². The summed E-state index contributed by atoms with van der Waals surface area (Å²) in [6, 6.07) is 3.31. The fraction of sp³-hybridized carbons (Fsp3) is 0.632. The molecule has 2 unspecified atom stereocenters. The van der Waals surface area contributed by atoms with Gasteiger partial charge in [0.15, 0.2) is 21.4 Å². The summed E-state index contributed by atoms with van der Waals surface area (Å²) in [6.45, 7) is 1.26. The molecule has 0 aliphatic carbocycles. The molecule has 9 nitrogen and oxygen atoms in total. The average Bonchev–Trinajstić information content (AvgIpc) is 3.07. The van der Waals surface area contributed by atoms with E-state index in [1.54, 1.807) is 0 Å². The molecule has 11 heteroatoms. The summed E-state index contributed by atoms with van der Waals surface area (Å²) in [6.07, 6.45) is 0.635. The van der Waals surface area contributed by atoms with Crippen molar-refractivity contribution >= 4 is 15.9 Å². The summed E-state index contributed by atoms with van der Waals surface area (Å²) in [7, 11) is -3.77. The normalized spacial score (nSPS) is 22.0. The Labute approximate surface area is 174 Å². The summed E-state index contributed by atoms with van der Waals surface area (Å²) in [5.41, 5.74) is -0.333. The first-order chi connectivity index (χ1) is 14.1. The van der Waals surface area contributed by atoms with E-state index in [0.29, 0.717) is 6.42 Å². The minimum absolute atomic E-state index is 0.231. The molecule has 0 bridgehead atoms. The molecule has 0 saturated carbocycles. The lowest BCUT2D eigenvalue weighted by Gasteiger charge is -2.34. The van der Waals surface area contributed by atoms with Crippen molar-refractivity contribution in [2.24, 2.45) is 0 Å². The molecular weight excluding hydrogens is 419 g/mol. The van der Waals surface area contributed by atoms with Crippen molar-refractivity contribution in [2.75, 3.05) is 39.1 Å². The van der Waals surface area contributed by atoms with E-state index in [4.69, 9.17) is 9.47 Å². The summed E-state index contributed by atoms with van der Waals surface area (Å²) >= 11 is 0. The highest BCUT2D eigenvalue weighted by molar-refractivity contribution is 7.90. The summed E-state index contributed by atoms with van der Waals surface area (Å²) < 4.78 is 48.7. The molecule has 2 fully saturated rings. The van der Waals surface area contributed by atoms with Crippen molar-refractivity contribution in [1.29, 1.82) is 0 Å². The van der Waals surface area contributed by atoms with Gasteiger partial charge in [-0.25, -0.2) is 17.6 Å². The number of aliphatic hydroxyl groups is 1. The third-order valence-corrected chi connectivity index (χ3v) is 6.67. The number of nitrogens with one attached hydrogen (secondary N) is 1. The van der Waals surface area contributed by atoms with Gasteiger partial charge < -0.3 is 29.9 Å². The van der Waals surface area contributed by atoms with Crippen LogP contribution in [0, 0.1) is 5.82 Å². The van der Waals surface area contributed by atoms with Crippen LogP contribution in [-0.2, 0) is 14.6 Å². The Balaban J connectivity index is 1.60. The van der Waals surface area contributed by atoms with Crippen LogP contribution >= 0.6 is 0 Å². The lowest BCUT2D eigenvalue weighted by atomic mass is 9.88. The molecule has 1 aromatic carbocycles. The Morgan fingerprint density at radius 1 is 1.43 bits per heavy atom. The average molecular weight is 446 g/mol. The molecule has 168 valence electrons. The lowest BCUT2D eigenvalue weighted by molar-refractivity contribution is -0.0205. The fourth-order valence-electron chi connectivity index (χ4n) is 3.99. The van der Waals surface area contributed by atoms with Crippen molar-refractivity contribution in [2.45, 2.75) is 41.9 Å². The predicted molar refractivity (Wildman–Crippen MR) is 105 cm³/mol.